The summed E-state index contributed by atoms with van der Waals surface area (Å²) >= 11 is 0. The fourth-order valence-corrected chi connectivity index (χ4v) is 14.1. The lowest BCUT2D eigenvalue weighted by molar-refractivity contribution is -0.182. The maximum absolute atomic E-state index is 14.1. The number of ketones is 1. The number of phenolic OH excluding ortho intramolecular Hbond substituents is 1. The highest BCUT2D eigenvalue weighted by Gasteiger charge is 2.76. The largest absolute Gasteiger partial charge is 0.508 e. The SMILES string of the molecule is CC(C)C(C)C1OC1C1(O)CC=CC2CC3C(=CC(=O)C4CC(O)C(O)CC43C)C3(O)CCC1C23CCc1cc(O)cc(N2CCC3(CCCCC3)C2=O)c1. The summed E-state index contributed by atoms with van der Waals surface area (Å²) in [5.74, 6) is -0.277. The number of amides is 1. The molecule has 300 valence electrons. The van der Waals surface area contributed by atoms with Gasteiger partial charge in [-0.05, 0) is 129 Å². The van der Waals surface area contributed by atoms with Gasteiger partial charge in [-0.1, -0.05) is 59.1 Å². The second-order valence-corrected chi connectivity index (χ2v) is 20.2. The molecule has 55 heavy (non-hydrogen) atoms. The number of ether oxygens (including phenoxy) is 1. The maximum Gasteiger partial charge on any atom is 0.233 e. The Bertz CT molecular complexity index is 1800. The lowest BCUT2D eigenvalue weighted by Gasteiger charge is -2.63. The van der Waals surface area contributed by atoms with Crippen molar-refractivity contribution in [2.24, 2.45) is 51.8 Å². The molecule has 9 nitrogen and oxygen atoms in total. The van der Waals surface area contributed by atoms with Crippen molar-refractivity contribution < 1.29 is 39.9 Å². The van der Waals surface area contributed by atoms with Crippen molar-refractivity contribution in [3.8, 4) is 5.75 Å². The molecule has 9 heteroatoms. The Morgan fingerprint density at radius 1 is 0.945 bits per heavy atom. The number of aliphatic hydroxyl groups excluding tert-OH is 2. The van der Waals surface area contributed by atoms with E-state index in [0.717, 1.165) is 43.2 Å². The molecule has 1 aromatic carbocycles. The van der Waals surface area contributed by atoms with Gasteiger partial charge in [-0.15, -0.1) is 0 Å². The number of aryl methyl sites for hydroxylation is 1. The number of epoxide rings is 1. The molecule has 6 fully saturated rings. The molecule has 2 heterocycles. The van der Waals surface area contributed by atoms with Crippen molar-refractivity contribution in [1.29, 1.82) is 0 Å². The Hall–Kier alpha value is -2.56. The summed E-state index contributed by atoms with van der Waals surface area (Å²) in [6, 6.07) is 5.51. The van der Waals surface area contributed by atoms with E-state index in [4.69, 9.17) is 4.74 Å². The van der Waals surface area contributed by atoms with Crippen molar-refractivity contribution in [3.05, 3.63) is 47.6 Å². The van der Waals surface area contributed by atoms with Crippen LogP contribution in [0.4, 0.5) is 5.69 Å². The van der Waals surface area contributed by atoms with Gasteiger partial charge in [0.25, 0.3) is 0 Å². The van der Waals surface area contributed by atoms with Gasteiger partial charge in [0, 0.05) is 35.5 Å². The molecule has 1 amide bonds. The summed E-state index contributed by atoms with van der Waals surface area (Å²) in [7, 11) is 0. The first kappa shape index (κ1) is 38.0. The number of phenols is 1. The molecule has 13 unspecified atom stereocenters. The van der Waals surface area contributed by atoms with Crippen LogP contribution in [0.15, 0.2) is 42.0 Å². The van der Waals surface area contributed by atoms with Gasteiger partial charge in [0.1, 0.15) is 17.5 Å². The van der Waals surface area contributed by atoms with E-state index in [9.17, 15) is 35.1 Å². The molecule has 2 aliphatic heterocycles. The van der Waals surface area contributed by atoms with E-state index >= 15 is 0 Å². The van der Waals surface area contributed by atoms with E-state index in [2.05, 4.69) is 39.8 Å². The van der Waals surface area contributed by atoms with E-state index in [1.54, 1.807) is 18.2 Å². The second-order valence-electron chi connectivity index (χ2n) is 20.2. The minimum absolute atomic E-state index is 0.0820. The van der Waals surface area contributed by atoms with Crippen LogP contribution in [0.5, 0.6) is 5.75 Å². The number of hydrogen-bond donors (Lipinski definition) is 5. The first-order chi connectivity index (χ1) is 26.1. The van der Waals surface area contributed by atoms with Gasteiger partial charge in [-0.3, -0.25) is 9.59 Å². The van der Waals surface area contributed by atoms with Gasteiger partial charge in [0.2, 0.25) is 5.91 Å². The molecule has 0 bridgehead atoms. The zero-order valence-electron chi connectivity index (χ0n) is 33.3. The first-order valence-electron chi connectivity index (χ1n) is 21.6. The van der Waals surface area contributed by atoms with Crippen LogP contribution in [-0.2, 0) is 20.7 Å². The molecule has 0 radical (unpaired) electrons. The number of aliphatic hydroxyl groups is 4. The van der Waals surface area contributed by atoms with Crippen LogP contribution in [0.25, 0.3) is 0 Å². The third kappa shape index (κ3) is 5.41. The second kappa shape index (κ2) is 13.0. The Balaban J connectivity index is 1.11. The number of carbonyl (C=O) groups is 2. The predicted molar refractivity (Wildman–Crippen MR) is 208 cm³/mol. The Labute approximate surface area is 326 Å². The predicted octanol–water partition coefficient (Wildman–Crippen LogP) is 6.17. The summed E-state index contributed by atoms with van der Waals surface area (Å²) in [5.41, 5.74) is -2.10. The van der Waals surface area contributed by atoms with Crippen LogP contribution in [0, 0.1) is 51.8 Å². The highest BCUT2D eigenvalue weighted by Crippen LogP contribution is 2.73. The number of nitrogens with zero attached hydrogens (tertiary/aromatic N) is 1. The molecule has 0 aromatic heterocycles. The van der Waals surface area contributed by atoms with Crippen LogP contribution < -0.4 is 4.90 Å². The molecule has 8 aliphatic rings. The third-order valence-electron chi connectivity index (χ3n) is 17.4. The van der Waals surface area contributed by atoms with Crippen molar-refractivity contribution in [2.45, 2.75) is 153 Å². The van der Waals surface area contributed by atoms with Gasteiger partial charge in [-0.25, -0.2) is 0 Å². The van der Waals surface area contributed by atoms with E-state index in [0.29, 0.717) is 56.7 Å². The smallest absolute Gasteiger partial charge is 0.233 e. The molecule has 2 saturated heterocycles. The number of rotatable bonds is 7. The standard InChI is InChI=1S/C46H63NO8/c1-26(2)27(3)39-40(55-39)45(53)14-8-9-29-21-32-33(23-35(49)34-24-36(50)37(51)25-42(32,34)4)46(54)16-11-38(45)44(29,46)15-10-28-19-30(22-31(48)20-28)47-18-17-43(41(47)52)12-6-5-7-13-43/h8-9,19-20,22-23,26-27,29,32,34,36-40,48,50-51,53-54H,5-7,10-18,21,24-25H2,1-4H3. The minimum Gasteiger partial charge on any atom is -0.508 e. The van der Waals surface area contributed by atoms with Crippen molar-refractivity contribution in [3.63, 3.8) is 0 Å². The summed E-state index contributed by atoms with van der Waals surface area (Å²) in [5, 5.41) is 59.6. The number of benzene rings is 1. The van der Waals surface area contributed by atoms with Crippen LogP contribution in [0.2, 0.25) is 0 Å². The zero-order chi connectivity index (χ0) is 38.9. The lowest BCUT2D eigenvalue weighted by atomic mass is 9.42. The van der Waals surface area contributed by atoms with Crippen molar-refractivity contribution >= 4 is 17.4 Å². The number of fused-ring (bicyclic) bond motifs is 4. The average molecular weight is 758 g/mol. The van der Waals surface area contributed by atoms with Gasteiger partial charge in [0.15, 0.2) is 5.78 Å². The molecule has 5 N–H and O–H groups in total. The molecule has 1 spiro atoms. The van der Waals surface area contributed by atoms with E-state index in [-0.39, 0.29) is 71.6 Å². The van der Waals surface area contributed by atoms with Crippen LogP contribution in [0.3, 0.4) is 0 Å². The summed E-state index contributed by atoms with van der Waals surface area (Å²) in [4.78, 5) is 29.9. The fourth-order valence-electron chi connectivity index (χ4n) is 14.1. The van der Waals surface area contributed by atoms with Gasteiger partial charge < -0.3 is 35.2 Å². The number of carbonyl (C=O) groups excluding carboxylic acids is 2. The van der Waals surface area contributed by atoms with Gasteiger partial charge >= 0.3 is 0 Å². The first-order valence-corrected chi connectivity index (χ1v) is 21.6. The van der Waals surface area contributed by atoms with Crippen LogP contribution >= 0.6 is 0 Å². The third-order valence-corrected chi connectivity index (χ3v) is 17.4. The highest BCUT2D eigenvalue weighted by atomic mass is 16.6. The molecular weight excluding hydrogens is 695 g/mol. The quantitative estimate of drug-likeness (QED) is 0.164. The van der Waals surface area contributed by atoms with E-state index in [1.807, 2.05) is 11.0 Å². The summed E-state index contributed by atoms with van der Waals surface area (Å²) < 4.78 is 6.43. The molecule has 4 saturated carbocycles. The van der Waals surface area contributed by atoms with Gasteiger partial charge in [0.05, 0.1) is 29.3 Å². The zero-order valence-corrected chi connectivity index (χ0v) is 33.3. The average Bonchev–Trinajstić information content (AvgIpc) is 3.83. The van der Waals surface area contributed by atoms with E-state index in [1.165, 1.54) is 6.42 Å². The Morgan fingerprint density at radius 3 is 2.45 bits per heavy atom. The maximum atomic E-state index is 14.1. The Kier molecular flexibility index (Phi) is 8.96. The Morgan fingerprint density at radius 2 is 1.71 bits per heavy atom. The van der Waals surface area contributed by atoms with Gasteiger partial charge in [-0.2, -0.15) is 0 Å². The molecule has 6 aliphatic carbocycles. The van der Waals surface area contributed by atoms with Crippen molar-refractivity contribution in [1.82, 2.24) is 0 Å². The number of aromatic hydroxyl groups is 1. The highest BCUT2D eigenvalue weighted by molar-refractivity contribution is 6.00. The monoisotopic (exact) mass is 757 g/mol. The van der Waals surface area contributed by atoms with Crippen LogP contribution in [-0.4, -0.2) is 79.4 Å². The fraction of sp³-hybridized carbons (Fsp3) is 0.739. The number of hydrogen-bond acceptors (Lipinski definition) is 8. The molecule has 1 aromatic rings. The number of allylic oxidation sites excluding steroid dienone is 2. The van der Waals surface area contributed by atoms with Crippen LogP contribution in [0.1, 0.15) is 117 Å². The normalized spacial score (nSPS) is 44.9. The molecule has 9 rings (SSSR count). The topological polar surface area (TPSA) is 151 Å². The van der Waals surface area contributed by atoms with Crippen molar-refractivity contribution in [2.75, 3.05) is 11.4 Å². The molecule has 13 atom stereocenters. The summed E-state index contributed by atoms with van der Waals surface area (Å²) in [6.45, 7) is 9.27. The summed E-state index contributed by atoms with van der Waals surface area (Å²) in [6.07, 6.45) is 13.2. The number of anilines is 1. The van der Waals surface area contributed by atoms with E-state index < -0.39 is 40.2 Å². The molecular formula is C46H63NO8. The minimum atomic E-state index is -1.41. The lowest BCUT2D eigenvalue weighted by Crippen LogP contribution is -2.66.